The van der Waals surface area contributed by atoms with Crippen molar-refractivity contribution in [1.82, 2.24) is 9.55 Å². The molecule has 0 saturated heterocycles. The predicted molar refractivity (Wildman–Crippen MR) is 79.1 cm³/mol. The van der Waals surface area contributed by atoms with Gasteiger partial charge in [0.1, 0.15) is 0 Å². The van der Waals surface area contributed by atoms with Crippen molar-refractivity contribution in [3.63, 3.8) is 0 Å². The van der Waals surface area contributed by atoms with Crippen LogP contribution in [-0.4, -0.2) is 24.2 Å². The Kier molecular flexibility index (Phi) is 4.10. The molecule has 2 rings (SSSR count). The highest BCUT2D eigenvalue weighted by Gasteiger charge is 2.11. The van der Waals surface area contributed by atoms with E-state index in [1.54, 1.807) is 6.20 Å². The van der Waals surface area contributed by atoms with Crippen LogP contribution in [0.4, 0.5) is 0 Å². The van der Waals surface area contributed by atoms with Crippen LogP contribution >= 0.6 is 11.3 Å². The fourth-order valence-corrected chi connectivity index (χ4v) is 3.24. The maximum atomic E-state index is 11.8. The van der Waals surface area contributed by atoms with E-state index in [0.717, 1.165) is 16.1 Å². The number of thiazole rings is 1. The number of sulfone groups is 1. The van der Waals surface area contributed by atoms with Crippen molar-refractivity contribution in [2.75, 3.05) is 6.26 Å². The lowest BCUT2D eigenvalue weighted by molar-refractivity contribution is 0.599. The summed E-state index contributed by atoms with van der Waals surface area (Å²) in [6.07, 6.45) is 4.24. The number of nitrogens with zero attached hydrogens (tertiary/aromatic N) is 2. The van der Waals surface area contributed by atoms with Gasteiger partial charge >= 0.3 is 0 Å². The molecule has 0 saturated carbocycles. The lowest BCUT2D eigenvalue weighted by Crippen LogP contribution is -2.20. The van der Waals surface area contributed by atoms with E-state index in [1.165, 1.54) is 34.2 Å². The van der Waals surface area contributed by atoms with Crippen LogP contribution in [0.5, 0.6) is 0 Å². The molecule has 2 aromatic heterocycles. The first-order valence-corrected chi connectivity index (χ1v) is 8.83. The molecular formula is C13H16N2O3S2. The van der Waals surface area contributed by atoms with Crippen LogP contribution in [-0.2, 0) is 16.4 Å². The largest absolute Gasteiger partial charge is 0.309 e. The summed E-state index contributed by atoms with van der Waals surface area (Å²) < 4.78 is 24.4. The summed E-state index contributed by atoms with van der Waals surface area (Å²) in [5.74, 6) is 0.341. The van der Waals surface area contributed by atoms with Gasteiger partial charge in [0.15, 0.2) is 9.84 Å². The van der Waals surface area contributed by atoms with Crippen molar-refractivity contribution >= 4 is 21.2 Å². The third-order valence-corrected chi connectivity index (χ3v) is 5.16. The Morgan fingerprint density at radius 3 is 2.60 bits per heavy atom. The molecule has 0 aromatic carbocycles. The minimum Gasteiger partial charge on any atom is -0.309 e. The number of rotatable bonds is 4. The first-order chi connectivity index (χ1) is 9.27. The highest BCUT2D eigenvalue weighted by molar-refractivity contribution is 7.90. The quantitative estimate of drug-likeness (QED) is 0.864. The molecule has 0 aliphatic rings. The van der Waals surface area contributed by atoms with E-state index in [1.807, 2.05) is 0 Å². The molecule has 0 bridgehead atoms. The number of hydrogen-bond donors (Lipinski definition) is 0. The van der Waals surface area contributed by atoms with Crippen molar-refractivity contribution in [3.05, 3.63) is 44.8 Å². The molecule has 108 valence electrons. The Hall–Kier alpha value is -1.47. The lowest BCUT2D eigenvalue weighted by Gasteiger charge is -2.05. The zero-order valence-electron chi connectivity index (χ0n) is 11.5. The Morgan fingerprint density at radius 2 is 2.05 bits per heavy atom. The molecule has 0 spiro atoms. The average molecular weight is 312 g/mol. The maximum absolute atomic E-state index is 11.8. The molecule has 2 aromatic rings. The molecule has 0 unspecified atom stereocenters. The topological polar surface area (TPSA) is 69.0 Å². The van der Waals surface area contributed by atoms with Crippen molar-refractivity contribution in [3.8, 4) is 0 Å². The molecule has 0 N–H and O–H groups in total. The molecule has 0 aliphatic heterocycles. The van der Waals surface area contributed by atoms with Crippen molar-refractivity contribution in [2.24, 2.45) is 0 Å². The smallest absolute Gasteiger partial charge is 0.250 e. The third kappa shape index (κ3) is 3.34. The molecular weight excluding hydrogens is 296 g/mol. The number of hydrogen-bond acceptors (Lipinski definition) is 5. The summed E-state index contributed by atoms with van der Waals surface area (Å²) in [6, 6.07) is 2.61. The van der Waals surface area contributed by atoms with Gasteiger partial charge in [0.25, 0.3) is 5.56 Å². The van der Waals surface area contributed by atoms with Gasteiger partial charge in [0, 0.05) is 35.5 Å². The zero-order valence-corrected chi connectivity index (χ0v) is 13.2. The molecule has 7 heteroatoms. The zero-order chi connectivity index (χ0) is 14.9. The van der Waals surface area contributed by atoms with Gasteiger partial charge in [-0.15, -0.1) is 11.3 Å². The SMILES string of the molecule is CC(C)c1ncc(Cn2cc(S(C)(=O)=O)ccc2=O)s1. The fourth-order valence-electron chi connectivity index (χ4n) is 1.68. The van der Waals surface area contributed by atoms with Crippen molar-refractivity contribution in [1.29, 1.82) is 0 Å². The van der Waals surface area contributed by atoms with Crippen LogP contribution in [0.25, 0.3) is 0 Å². The lowest BCUT2D eigenvalue weighted by atomic mass is 10.2. The number of aromatic nitrogens is 2. The van der Waals surface area contributed by atoms with Crippen LogP contribution in [0.1, 0.15) is 29.7 Å². The second-order valence-electron chi connectivity index (χ2n) is 4.92. The van der Waals surface area contributed by atoms with Gasteiger partial charge in [-0.3, -0.25) is 4.79 Å². The Bertz CT molecular complexity index is 773. The molecule has 5 nitrogen and oxygen atoms in total. The highest BCUT2D eigenvalue weighted by Crippen LogP contribution is 2.21. The molecule has 0 aliphatic carbocycles. The molecule has 0 amide bonds. The maximum Gasteiger partial charge on any atom is 0.250 e. The first-order valence-electron chi connectivity index (χ1n) is 6.12. The van der Waals surface area contributed by atoms with E-state index in [4.69, 9.17) is 0 Å². The summed E-state index contributed by atoms with van der Waals surface area (Å²) >= 11 is 1.54. The van der Waals surface area contributed by atoms with Gasteiger partial charge in [0.2, 0.25) is 0 Å². The van der Waals surface area contributed by atoms with Crippen molar-refractivity contribution in [2.45, 2.75) is 31.2 Å². The minimum atomic E-state index is -3.31. The van der Waals surface area contributed by atoms with Crippen molar-refractivity contribution < 1.29 is 8.42 Å². The van der Waals surface area contributed by atoms with E-state index in [0.29, 0.717) is 12.5 Å². The molecule has 0 fully saturated rings. The van der Waals surface area contributed by atoms with Crippen LogP contribution in [0.2, 0.25) is 0 Å². The van der Waals surface area contributed by atoms with E-state index < -0.39 is 9.84 Å². The summed E-state index contributed by atoms with van der Waals surface area (Å²) in [4.78, 5) is 17.2. The third-order valence-electron chi connectivity index (χ3n) is 2.78. The standard InChI is InChI=1S/C13H16N2O3S2/c1-9(2)13-14-6-10(19-13)7-15-8-11(20(3,17)18)4-5-12(15)16/h4-6,8-9H,7H2,1-3H3. The second-order valence-corrected chi connectivity index (χ2v) is 8.09. The Morgan fingerprint density at radius 1 is 1.35 bits per heavy atom. The van der Waals surface area contributed by atoms with Gasteiger partial charge in [0.05, 0.1) is 16.4 Å². The predicted octanol–water partition coefficient (Wildman–Crippen LogP) is 1.88. The van der Waals surface area contributed by atoms with E-state index in [-0.39, 0.29) is 10.5 Å². The van der Waals surface area contributed by atoms with Crippen LogP contribution in [0, 0.1) is 0 Å². The molecule has 2 heterocycles. The summed E-state index contributed by atoms with van der Waals surface area (Å²) in [7, 11) is -3.31. The fraction of sp³-hybridized carbons (Fsp3) is 0.385. The Labute approximate surface area is 121 Å². The monoisotopic (exact) mass is 312 g/mol. The minimum absolute atomic E-state index is 0.144. The van der Waals surface area contributed by atoms with Gasteiger partial charge in [-0.25, -0.2) is 13.4 Å². The van der Waals surface area contributed by atoms with Gasteiger partial charge in [-0.2, -0.15) is 0 Å². The highest BCUT2D eigenvalue weighted by atomic mass is 32.2. The summed E-state index contributed by atoms with van der Waals surface area (Å²) in [5.41, 5.74) is -0.225. The van der Waals surface area contributed by atoms with E-state index >= 15 is 0 Å². The molecule has 0 atom stereocenters. The van der Waals surface area contributed by atoms with Gasteiger partial charge in [-0.1, -0.05) is 13.8 Å². The molecule has 0 radical (unpaired) electrons. The van der Waals surface area contributed by atoms with E-state index in [2.05, 4.69) is 18.8 Å². The summed E-state index contributed by atoms with van der Waals surface area (Å²) in [5, 5.41) is 1.01. The number of pyridine rings is 1. The molecule has 20 heavy (non-hydrogen) atoms. The van der Waals surface area contributed by atoms with Gasteiger partial charge in [-0.05, 0) is 6.07 Å². The Balaban J connectivity index is 2.35. The van der Waals surface area contributed by atoms with Gasteiger partial charge < -0.3 is 4.57 Å². The second kappa shape index (κ2) is 5.49. The van der Waals surface area contributed by atoms with Crippen LogP contribution < -0.4 is 5.56 Å². The van der Waals surface area contributed by atoms with E-state index in [9.17, 15) is 13.2 Å². The summed E-state index contributed by atoms with van der Waals surface area (Å²) in [6.45, 7) is 4.45. The normalized spacial score (nSPS) is 12.0. The van der Waals surface area contributed by atoms with Crippen LogP contribution in [0.3, 0.4) is 0 Å². The average Bonchev–Trinajstić information content (AvgIpc) is 2.79. The first kappa shape index (κ1) is 14.9. The van der Waals surface area contributed by atoms with Crippen LogP contribution in [0.15, 0.2) is 34.2 Å².